The minimum atomic E-state index is -0.839. The first-order valence-corrected chi connectivity index (χ1v) is 5.56. The van der Waals surface area contributed by atoms with Gasteiger partial charge >= 0.3 is 5.97 Å². The SMILES string of the molecule is CC(=O)CC(O)c1cccc2c1CCOC2=O. The lowest BCUT2D eigenvalue weighted by Gasteiger charge is -2.21. The largest absolute Gasteiger partial charge is 0.462 e. The van der Waals surface area contributed by atoms with Crippen molar-refractivity contribution in [2.24, 2.45) is 0 Å². The van der Waals surface area contributed by atoms with Crippen molar-refractivity contribution in [1.29, 1.82) is 0 Å². The first kappa shape index (κ1) is 11.8. The van der Waals surface area contributed by atoms with Crippen LogP contribution < -0.4 is 0 Å². The number of fused-ring (bicyclic) bond motifs is 1. The topological polar surface area (TPSA) is 63.6 Å². The molecule has 1 N–H and O–H groups in total. The molecule has 0 saturated heterocycles. The van der Waals surface area contributed by atoms with Crippen LogP contribution in [0.4, 0.5) is 0 Å². The Labute approximate surface area is 99.2 Å². The lowest BCUT2D eigenvalue weighted by molar-refractivity contribution is -0.118. The molecule has 4 heteroatoms. The molecule has 1 aliphatic heterocycles. The predicted octanol–water partition coefficient (Wildman–Crippen LogP) is 1.41. The van der Waals surface area contributed by atoms with Gasteiger partial charge in [0.15, 0.2) is 0 Å². The Morgan fingerprint density at radius 2 is 2.29 bits per heavy atom. The van der Waals surface area contributed by atoms with Crippen molar-refractivity contribution in [3.8, 4) is 0 Å². The van der Waals surface area contributed by atoms with Crippen LogP contribution in [0, 0.1) is 0 Å². The highest BCUT2D eigenvalue weighted by Crippen LogP contribution is 2.27. The predicted molar refractivity (Wildman–Crippen MR) is 60.7 cm³/mol. The number of esters is 1. The molecule has 0 saturated carbocycles. The summed E-state index contributed by atoms with van der Waals surface area (Å²) in [6.07, 6.45) is -0.175. The number of aliphatic hydroxyl groups is 1. The molecule has 0 aliphatic carbocycles. The van der Waals surface area contributed by atoms with E-state index in [1.165, 1.54) is 6.92 Å². The third kappa shape index (κ3) is 2.36. The standard InChI is InChI=1S/C13H14O4/c1-8(14)7-12(15)10-3-2-4-11-9(10)5-6-17-13(11)16/h2-4,12,15H,5-7H2,1H3. The van der Waals surface area contributed by atoms with Gasteiger partial charge in [-0.1, -0.05) is 12.1 Å². The molecule has 90 valence electrons. The van der Waals surface area contributed by atoms with Gasteiger partial charge in [0.05, 0.1) is 18.3 Å². The number of carbonyl (C=O) groups is 2. The van der Waals surface area contributed by atoms with Gasteiger partial charge in [0, 0.05) is 12.8 Å². The van der Waals surface area contributed by atoms with Crippen molar-refractivity contribution in [1.82, 2.24) is 0 Å². The van der Waals surface area contributed by atoms with Crippen LogP contribution in [0.15, 0.2) is 18.2 Å². The van der Waals surface area contributed by atoms with E-state index in [1.807, 2.05) is 0 Å². The van der Waals surface area contributed by atoms with Crippen LogP contribution in [0.3, 0.4) is 0 Å². The van der Waals surface area contributed by atoms with E-state index in [9.17, 15) is 14.7 Å². The van der Waals surface area contributed by atoms with E-state index >= 15 is 0 Å². The fraction of sp³-hybridized carbons (Fsp3) is 0.385. The Bertz CT molecular complexity index is 464. The molecule has 4 nitrogen and oxygen atoms in total. The maximum atomic E-state index is 11.5. The maximum absolute atomic E-state index is 11.5. The molecule has 0 aromatic heterocycles. The Hall–Kier alpha value is -1.68. The van der Waals surface area contributed by atoms with Crippen molar-refractivity contribution < 1.29 is 19.4 Å². The number of carbonyl (C=O) groups excluding carboxylic acids is 2. The monoisotopic (exact) mass is 234 g/mol. The second-order valence-corrected chi connectivity index (χ2v) is 4.18. The van der Waals surface area contributed by atoms with Crippen LogP contribution >= 0.6 is 0 Å². The van der Waals surface area contributed by atoms with Crippen molar-refractivity contribution in [2.75, 3.05) is 6.61 Å². The highest BCUT2D eigenvalue weighted by Gasteiger charge is 2.23. The van der Waals surface area contributed by atoms with Crippen molar-refractivity contribution in [3.63, 3.8) is 0 Å². The molecule has 0 fully saturated rings. The molecule has 0 spiro atoms. The van der Waals surface area contributed by atoms with E-state index < -0.39 is 6.10 Å². The number of aliphatic hydroxyl groups excluding tert-OH is 1. The molecule has 0 amide bonds. The molecule has 17 heavy (non-hydrogen) atoms. The molecule has 1 aliphatic rings. The average molecular weight is 234 g/mol. The van der Waals surface area contributed by atoms with Crippen LogP contribution in [0.5, 0.6) is 0 Å². The van der Waals surface area contributed by atoms with E-state index in [0.717, 1.165) is 5.56 Å². The number of benzene rings is 1. The Morgan fingerprint density at radius 3 is 3.00 bits per heavy atom. The van der Waals surface area contributed by atoms with E-state index in [1.54, 1.807) is 18.2 Å². The van der Waals surface area contributed by atoms with Gasteiger partial charge in [-0.05, 0) is 24.1 Å². The number of ketones is 1. The van der Waals surface area contributed by atoms with Crippen molar-refractivity contribution in [2.45, 2.75) is 25.9 Å². The summed E-state index contributed by atoms with van der Waals surface area (Å²) in [5, 5.41) is 9.96. The summed E-state index contributed by atoms with van der Waals surface area (Å²) in [5.74, 6) is -0.434. The molecule has 1 aromatic rings. The van der Waals surface area contributed by atoms with E-state index in [0.29, 0.717) is 24.2 Å². The lowest BCUT2D eigenvalue weighted by atomic mass is 9.92. The third-order valence-electron chi connectivity index (χ3n) is 2.86. The normalized spacial score (nSPS) is 16.0. The first-order chi connectivity index (χ1) is 8.09. The van der Waals surface area contributed by atoms with Crippen LogP contribution in [0.1, 0.15) is 40.9 Å². The fourth-order valence-electron chi connectivity index (χ4n) is 2.09. The van der Waals surface area contributed by atoms with Crippen molar-refractivity contribution >= 4 is 11.8 Å². The molecule has 0 radical (unpaired) electrons. The van der Waals surface area contributed by atoms with Gasteiger partial charge in [-0.25, -0.2) is 4.79 Å². The van der Waals surface area contributed by atoms with Crippen LogP contribution in [-0.4, -0.2) is 23.5 Å². The summed E-state index contributed by atoms with van der Waals surface area (Å²) < 4.78 is 4.93. The molecule has 1 heterocycles. The molecule has 0 bridgehead atoms. The highest BCUT2D eigenvalue weighted by atomic mass is 16.5. The number of Topliss-reactive ketones (excluding diaryl/α,β-unsaturated/α-hetero) is 1. The van der Waals surface area contributed by atoms with Gasteiger partial charge in [-0.2, -0.15) is 0 Å². The van der Waals surface area contributed by atoms with Crippen LogP contribution in [-0.2, 0) is 16.0 Å². The quantitative estimate of drug-likeness (QED) is 0.803. The average Bonchev–Trinajstić information content (AvgIpc) is 2.28. The maximum Gasteiger partial charge on any atom is 0.338 e. The Morgan fingerprint density at radius 1 is 1.53 bits per heavy atom. The van der Waals surface area contributed by atoms with Gasteiger partial charge in [-0.15, -0.1) is 0 Å². The summed E-state index contributed by atoms with van der Waals surface area (Å²) in [6, 6.07) is 5.13. The second-order valence-electron chi connectivity index (χ2n) is 4.18. The summed E-state index contributed by atoms with van der Waals surface area (Å²) in [7, 11) is 0. The molecule has 1 aromatic carbocycles. The minimum absolute atomic E-state index is 0.0749. The van der Waals surface area contributed by atoms with E-state index in [4.69, 9.17) is 4.74 Å². The zero-order chi connectivity index (χ0) is 12.4. The number of rotatable bonds is 3. The van der Waals surface area contributed by atoms with E-state index in [-0.39, 0.29) is 18.2 Å². The fourth-order valence-corrected chi connectivity index (χ4v) is 2.09. The molecule has 1 atom stereocenters. The summed E-state index contributed by atoms with van der Waals surface area (Å²) in [6.45, 7) is 1.77. The van der Waals surface area contributed by atoms with Gasteiger partial charge in [0.1, 0.15) is 5.78 Å². The molecule has 1 unspecified atom stereocenters. The van der Waals surface area contributed by atoms with Gasteiger partial charge in [-0.3, -0.25) is 4.79 Å². The molecular formula is C13H14O4. The second kappa shape index (κ2) is 4.67. The van der Waals surface area contributed by atoms with Crippen LogP contribution in [0.2, 0.25) is 0 Å². The summed E-state index contributed by atoms with van der Waals surface area (Å²) >= 11 is 0. The number of cyclic esters (lactones) is 1. The number of hydrogen-bond donors (Lipinski definition) is 1. The first-order valence-electron chi connectivity index (χ1n) is 5.56. The van der Waals surface area contributed by atoms with Gasteiger partial charge in [0.2, 0.25) is 0 Å². The smallest absolute Gasteiger partial charge is 0.338 e. The third-order valence-corrected chi connectivity index (χ3v) is 2.86. The van der Waals surface area contributed by atoms with Gasteiger partial charge in [0.25, 0.3) is 0 Å². The lowest BCUT2D eigenvalue weighted by Crippen LogP contribution is -2.20. The zero-order valence-corrected chi connectivity index (χ0v) is 9.60. The Balaban J connectivity index is 2.38. The number of ether oxygens (including phenoxy) is 1. The van der Waals surface area contributed by atoms with Gasteiger partial charge < -0.3 is 9.84 Å². The van der Waals surface area contributed by atoms with Crippen LogP contribution in [0.25, 0.3) is 0 Å². The van der Waals surface area contributed by atoms with Crippen molar-refractivity contribution in [3.05, 3.63) is 34.9 Å². The number of hydrogen-bond acceptors (Lipinski definition) is 4. The zero-order valence-electron chi connectivity index (χ0n) is 9.60. The summed E-state index contributed by atoms with van der Waals surface area (Å²) in [5.41, 5.74) is 1.96. The molecular weight excluding hydrogens is 220 g/mol. The summed E-state index contributed by atoms with van der Waals surface area (Å²) in [4.78, 5) is 22.5. The highest BCUT2D eigenvalue weighted by molar-refractivity contribution is 5.92. The minimum Gasteiger partial charge on any atom is -0.462 e. The molecule has 2 rings (SSSR count). The van der Waals surface area contributed by atoms with E-state index in [2.05, 4.69) is 0 Å². The Kier molecular flexibility index (Phi) is 3.24.